The standard InChI is InChI=1S/C67H122N20O28/c1-97-67(96)58(83-64(93)55-115-49-43-105-33-27-99-21-15-76-66(95)57(82-63(92)54-114-48-42-109-37-31-103-25-19-80-87-71)9-3-6-12-73-60(89)51-112-46-40-107-35-29-101-23-17-78-85-69)10-4-7-13-74-61(90)52-110-44-38-104-32-26-98-20-14-75-65(94)56(81-62(91)53-113-47-41-108-36-30-102-24-18-79-86-70)8-2-5-11-72-59(88)50-111-45-39-106-34-28-100-22-16-77-84-68/h56-58H,2-55H2,1H3,(H,72,88)(H,73,89)(H,74,90)(H,75,94)(H,76,95)(H,81,91)(H,82,92)(H,83,93). The molecule has 3 unspecified atom stereocenters. The number of rotatable bonds is 87. The van der Waals surface area contributed by atoms with Crippen molar-refractivity contribution in [1.82, 2.24) is 42.5 Å². The van der Waals surface area contributed by atoms with E-state index in [0.29, 0.717) is 78.0 Å². The van der Waals surface area contributed by atoms with Gasteiger partial charge in [0.2, 0.25) is 47.3 Å². The fraction of sp³-hybridized carbons (Fsp3) is 0.866. The van der Waals surface area contributed by atoms with Gasteiger partial charge in [0, 0.05) is 78.5 Å². The maximum absolute atomic E-state index is 13.2. The highest BCUT2D eigenvalue weighted by Crippen LogP contribution is 2.06. The molecule has 0 aliphatic heterocycles. The van der Waals surface area contributed by atoms with Crippen molar-refractivity contribution in [3.63, 3.8) is 0 Å². The Balaban J connectivity index is 4.54. The first kappa shape index (κ1) is 107. The summed E-state index contributed by atoms with van der Waals surface area (Å²) < 4.78 is 102. The van der Waals surface area contributed by atoms with Gasteiger partial charge in [0.05, 0.1) is 205 Å². The van der Waals surface area contributed by atoms with Crippen LogP contribution in [0.5, 0.6) is 0 Å². The summed E-state index contributed by atoms with van der Waals surface area (Å²) >= 11 is 0. The molecule has 0 aromatic carbocycles. The van der Waals surface area contributed by atoms with Crippen molar-refractivity contribution in [1.29, 1.82) is 0 Å². The Morgan fingerprint density at radius 3 is 0.704 bits per heavy atom. The van der Waals surface area contributed by atoms with Crippen molar-refractivity contribution < 1.29 is 133 Å². The molecule has 8 N–H and O–H groups in total. The topological polar surface area (TPSA) is 620 Å². The lowest BCUT2D eigenvalue weighted by Crippen LogP contribution is -2.48. The Labute approximate surface area is 668 Å². The van der Waals surface area contributed by atoms with Crippen molar-refractivity contribution in [3.05, 3.63) is 41.8 Å². The number of ether oxygens (including phenoxy) is 19. The molecule has 0 saturated carbocycles. The molecule has 8 amide bonds. The van der Waals surface area contributed by atoms with Crippen LogP contribution in [0.15, 0.2) is 20.5 Å². The summed E-state index contributed by atoms with van der Waals surface area (Å²) in [5.41, 5.74) is 33.2. The van der Waals surface area contributed by atoms with Gasteiger partial charge in [-0.05, 0) is 79.9 Å². The van der Waals surface area contributed by atoms with Gasteiger partial charge in [-0.15, -0.1) is 0 Å². The second kappa shape index (κ2) is 85.1. The highest BCUT2D eigenvalue weighted by atomic mass is 16.6. The lowest BCUT2D eigenvalue weighted by Gasteiger charge is -2.19. The summed E-state index contributed by atoms with van der Waals surface area (Å²) in [6.07, 6.45) is 3.60. The van der Waals surface area contributed by atoms with E-state index in [1.54, 1.807) is 0 Å². The maximum atomic E-state index is 13.2. The number of unbranched alkanes of at least 4 members (excludes halogenated alkanes) is 3. The van der Waals surface area contributed by atoms with Crippen LogP contribution < -0.4 is 42.5 Å². The highest BCUT2D eigenvalue weighted by Gasteiger charge is 2.24. The second-order valence-corrected chi connectivity index (χ2v) is 23.5. The molecule has 0 aromatic rings. The van der Waals surface area contributed by atoms with Gasteiger partial charge >= 0.3 is 5.97 Å². The summed E-state index contributed by atoms with van der Waals surface area (Å²) in [6.45, 7) is 6.80. The monoisotopic (exact) mass is 1650 g/mol. The Hall–Kier alpha value is -8.25. The number of nitrogens with zero attached hydrogens (tertiary/aromatic N) is 12. The Morgan fingerprint density at radius 1 is 0.252 bits per heavy atom. The molecule has 48 heteroatoms. The van der Waals surface area contributed by atoms with Crippen molar-refractivity contribution in [2.24, 2.45) is 20.5 Å². The molecule has 48 nitrogen and oxygen atoms in total. The van der Waals surface area contributed by atoms with E-state index < -0.39 is 53.6 Å². The van der Waals surface area contributed by atoms with Crippen LogP contribution in [0, 0.1) is 0 Å². The van der Waals surface area contributed by atoms with E-state index in [4.69, 9.17) is 112 Å². The van der Waals surface area contributed by atoms with Crippen molar-refractivity contribution in [3.8, 4) is 0 Å². The van der Waals surface area contributed by atoms with Gasteiger partial charge in [-0.25, -0.2) is 4.79 Å². The number of carbonyl (C=O) groups is 9. The molecule has 0 rings (SSSR count). The highest BCUT2D eigenvalue weighted by molar-refractivity contribution is 5.89. The third kappa shape index (κ3) is 76.8. The lowest BCUT2D eigenvalue weighted by atomic mass is 10.1. The first-order valence-corrected chi connectivity index (χ1v) is 38.1. The number of esters is 1. The van der Waals surface area contributed by atoms with Crippen LogP contribution in [0.1, 0.15) is 57.8 Å². The zero-order valence-electron chi connectivity index (χ0n) is 66.2. The summed E-state index contributed by atoms with van der Waals surface area (Å²) in [5.74, 6) is -4.18. The van der Waals surface area contributed by atoms with E-state index in [2.05, 4.69) is 82.6 Å². The summed E-state index contributed by atoms with van der Waals surface area (Å²) in [7, 11) is 1.20. The third-order valence-electron chi connectivity index (χ3n) is 14.4. The van der Waals surface area contributed by atoms with Gasteiger partial charge < -0.3 is 133 Å². The second-order valence-electron chi connectivity index (χ2n) is 23.5. The van der Waals surface area contributed by atoms with Gasteiger partial charge in [-0.3, -0.25) is 38.4 Å². The molecule has 0 aliphatic rings. The SMILES string of the molecule is COC(=O)C(CCCCNC(=O)COCCOCCOCCNC(=O)C(CCCCNC(=O)COCCOCCOCCN=[N+]=[N-])NC(=O)COCCOCCOCCN=[N+]=[N-])NC(=O)COCCOCCOCCNC(=O)C(CCCCNC(=O)COCCOCCOCCN=[N+]=[N-])NC(=O)COCCOCCOCCN=[N+]=[N-]. The molecule has 3 atom stereocenters. The molecule has 0 aliphatic carbocycles. The maximum Gasteiger partial charge on any atom is 0.328 e. The summed E-state index contributed by atoms with van der Waals surface area (Å²) in [6, 6.07) is -2.79. The molecule has 0 fully saturated rings. The largest absolute Gasteiger partial charge is 0.467 e. The molecule has 0 bridgehead atoms. The zero-order valence-corrected chi connectivity index (χ0v) is 66.2. The normalized spacial score (nSPS) is 11.6. The van der Waals surface area contributed by atoms with Gasteiger partial charge in [0.25, 0.3) is 0 Å². The van der Waals surface area contributed by atoms with E-state index in [1.807, 2.05) is 0 Å². The average molecular weight is 1660 g/mol. The Kier molecular flexibility index (Phi) is 79.0. The smallest absolute Gasteiger partial charge is 0.328 e. The van der Waals surface area contributed by atoms with Crippen molar-refractivity contribution in [2.75, 3.05) is 304 Å². The zero-order chi connectivity index (χ0) is 83.9. The van der Waals surface area contributed by atoms with Crippen LogP contribution in [-0.2, 0) is 133 Å². The molecule has 0 aromatic heterocycles. The number of nitrogens with one attached hydrogen (secondary N) is 8. The van der Waals surface area contributed by atoms with Crippen LogP contribution in [0.4, 0.5) is 0 Å². The minimum atomic E-state index is -0.955. The van der Waals surface area contributed by atoms with Gasteiger partial charge in [-0.1, -0.05) is 20.5 Å². The number of azide groups is 4. The van der Waals surface area contributed by atoms with Crippen LogP contribution >= 0.6 is 0 Å². The van der Waals surface area contributed by atoms with Gasteiger partial charge in [0.15, 0.2) is 0 Å². The fourth-order valence-electron chi connectivity index (χ4n) is 8.86. The third-order valence-corrected chi connectivity index (χ3v) is 14.4. The molecule has 0 heterocycles. The molecule has 115 heavy (non-hydrogen) atoms. The van der Waals surface area contributed by atoms with E-state index in [9.17, 15) is 43.2 Å². The minimum absolute atomic E-state index is 0.0516. The first-order valence-electron chi connectivity index (χ1n) is 38.1. The number of carbonyl (C=O) groups excluding carboxylic acids is 9. The summed E-state index contributed by atoms with van der Waals surface area (Å²) in [4.78, 5) is 125. The molecular weight excluding hydrogens is 1530 g/mol. The molecular formula is C67H122N20O28. The summed E-state index contributed by atoms with van der Waals surface area (Å²) in [5, 5.41) is 35.2. The van der Waals surface area contributed by atoms with Crippen molar-refractivity contribution in [2.45, 2.75) is 75.9 Å². The number of hydrogen-bond acceptors (Lipinski definition) is 32. The van der Waals surface area contributed by atoms with Crippen LogP contribution in [0.3, 0.4) is 0 Å². The Morgan fingerprint density at radius 2 is 0.461 bits per heavy atom. The average Bonchev–Trinajstić information content (AvgIpc) is 0.938. The van der Waals surface area contributed by atoms with Crippen LogP contribution in [-0.4, -0.2) is 375 Å². The molecule has 0 saturated heterocycles. The minimum Gasteiger partial charge on any atom is -0.467 e. The van der Waals surface area contributed by atoms with E-state index in [-0.39, 0.29) is 294 Å². The fourth-order valence-corrected chi connectivity index (χ4v) is 8.86. The van der Waals surface area contributed by atoms with Crippen LogP contribution in [0.25, 0.3) is 41.8 Å². The predicted octanol–water partition coefficient (Wildman–Crippen LogP) is -0.754. The van der Waals surface area contributed by atoms with Gasteiger partial charge in [-0.2, -0.15) is 0 Å². The van der Waals surface area contributed by atoms with E-state index >= 15 is 0 Å². The van der Waals surface area contributed by atoms with E-state index in [1.165, 1.54) is 7.11 Å². The lowest BCUT2D eigenvalue weighted by molar-refractivity contribution is -0.146. The first-order chi connectivity index (χ1) is 56.3. The van der Waals surface area contributed by atoms with E-state index in [0.717, 1.165) is 0 Å². The Bertz CT molecular complexity index is 2710. The van der Waals surface area contributed by atoms with Gasteiger partial charge in [0.1, 0.15) is 57.8 Å². The van der Waals surface area contributed by atoms with Crippen molar-refractivity contribution >= 4 is 53.2 Å². The number of methoxy groups -OCH3 is 1. The molecule has 0 radical (unpaired) electrons. The van der Waals surface area contributed by atoms with Crippen LogP contribution in [0.2, 0.25) is 0 Å². The number of hydrogen-bond donors (Lipinski definition) is 8. The quantitative estimate of drug-likeness (QED) is 0.0122. The number of amides is 8. The molecule has 0 spiro atoms. The predicted molar refractivity (Wildman–Crippen MR) is 405 cm³/mol. The molecule has 658 valence electrons.